The third-order valence-electron chi connectivity index (χ3n) is 3.54. The van der Waals surface area contributed by atoms with E-state index in [0.29, 0.717) is 13.1 Å². The standard InChI is InChI=1S/C12H16ClN3O4S/c1-14-9-3-2-6-15(8-9)21(19,20)12-7-10(16(17)18)4-5-11(12)13/h4-5,7,9,14H,2-3,6,8H2,1H3. The molecule has 1 fully saturated rings. The van der Waals surface area contributed by atoms with Gasteiger partial charge in [-0.25, -0.2) is 8.42 Å². The quantitative estimate of drug-likeness (QED) is 0.667. The highest BCUT2D eigenvalue weighted by atomic mass is 35.5. The van der Waals surface area contributed by atoms with Crippen LogP contribution in [0.25, 0.3) is 0 Å². The molecule has 21 heavy (non-hydrogen) atoms. The molecule has 1 N–H and O–H groups in total. The highest BCUT2D eigenvalue weighted by Crippen LogP contribution is 2.30. The molecule has 0 aliphatic carbocycles. The minimum absolute atomic E-state index is 0.00724. The maximum Gasteiger partial charge on any atom is 0.270 e. The lowest BCUT2D eigenvalue weighted by molar-refractivity contribution is -0.385. The SMILES string of the molecule is CNC1CCCN(S(=O)(=O)c2cc([N+](=O)[O-])ccc2Cl)C1. The zero-order valence-electron chi connectivity index (χ0n) is 11.5. The molecule has 1 aromatic carbocycles. The van der Waals surface area contributed by atoms with Gasteiger partial charge in [-0.15, -0.1) is 0 Å². The molecule has 1 heterocycles. The zero-order chi connectivity index (χ0) is 15.6. The van der Waals surface area contributed by atoms with Gasteiger partial charge in [-0.2, -0.15) is 4.31 Å². The Bertz CT molecular complexity index is 650. The largest absolute Gasteiger partial charge is 0.316 e. The molecular formula is C12H16ClN3O4S. The Morgan fingerprint density at radius 2 is 2.19 bits per heavy atom. The molecule has 0 bridgehead atoms. The van der Waals surface area contributed by atoms with Crippen molar-refractivity contribution in [1.82, 2.24) is 9.62 Å². The summed E-state index contributed by atoms with van der Waals surface area (Å²) < 4.78 is 26.6. The summed E-state index contributed by atoms with van der Waals surface area (Å²) in [5.74, 6) is 0. The summed E-state index contributed by atoms with van der Waals surface area (Å²) in [5.41, 5.74) is -0.292. The number of benzene rings is 1. The van der Waals surface area contributed by atoms with Crippen molar-refractivity contribution < 1.29 is 13.3 Å². The molecule has 2 rings (SSSR count). The summed E-state index contributed by atoms with van der Waals surface area (Å²) >= 11 is 5.93. The minimum Gasteiger partial charge on any atom is -0.316 e. The molecule has 0 spiro atoms. The van der Waals surface area contributed by atoms with Crippen LogP contribution < -0.4 is 5.32 Å². The van der Waals surface area contributed by atoms with Crippen LogP contribution in [0.1, 0.15) is 12.8 Å². The molecule has 1 saturated heterocycles. The number of likely N-dealkylation sites (N-methyl/N-ethyl adjacent to an activating group) is 1. The van der Waals surface area contributed by atoms with Gasteiger partial charge < -0.3 is 5.32 Å². The van der Waals surface area contributed by atoms with Gasteiger partial charge in [-0.1, -0.05) is 11.6 Å². The van der Waals surface area contributed by atoms with Crippen LogP contribution in [0.5, 0.6) is 0 Å². The Labute approximate surface area is 128 Å². The highest BCUT2D eigenvalue weighted by Gasteiger charge is 2.32. The van der Waals surface area contributed by atoms with Gasteiger partial charge in [-0.05, 0) is 26.0 Å². The molecule has 1 aliphatic rings. The summed E-state index contributed by atoms with van der Waals surface area (Å²) in [7, 11) is -2.06. The number of nitro benzene ring substituents is 1. The monoisotopic (exact) mass is 333 g/mol. The first-order valence-electron chi connectivity index (χ1n) is 6.47. The molecule has 1 unspecified atom stereocenters. The number of sulfonamides is 1. The summed E-state index contributed by atoms with van der Waals surface area (Å²) in [6.45, 7) is 0.720. The molecule has 0 aromatic heterocycles. The Balaban J connectivity index is 2.39. The second kappa shape index (κ2) is 6.27. The number of nitro groups is 1. The maximum atomic E-state index is 12.6. The van der Waals surface area contributed by atoms with Crippen LogP contribution in [0.2, 0.25) is 5.02 Å². The molecule has 116 valence electrons. The molecule has 1 aliphatic heterocycles. The van der Waals surface area contributed by atoms with Crippen molar-refractivity contribution in [3.63, 3.8) is 0 Å². The van der Waals surface area contributed by atoms with Crippen molar-refractivity contribution in [1.29, 1.82) is 0 Å². The predicted molar refractivity (Wildman–Crippen MR) is 78.9 cm³/mol. The summed E-state index contributed by atoms with van der Waals surface area (Å²) in [5, 5.41) is 13.9. The first-order valence-corrected chi connectivity index (χ1v) is 8.29. The van der Waals surface area contributed by atoms with E-state index >= 15 is 0 Å². The third kappa shape index (κ3) is 3.34. The number of halogens is 1. The minimum atomic E-state index is -3.83. The number of hydrogen-bond donors (Lipinski definition) is 1. The fourth-order valence-electron chi connectivity index (χ4n) is 2.34. The van der Waals surface area contributed by atoms with Crippen LogP contribution in [-0.2, 0) is 10.0 Å². The third-order valence-corrected chi connectivity index (χ3v) is 5.88. The van der Waals surface area contributed by atoms with Crippen molar-refractivity contribution in [2.75, 3.05) is 20.1 Å². The number of rotatable bonds is 4. The molecule has 0 amide bonds. The van der Waals surface area contributed by atoms with Gasteiger partial charge in [0.25, 0.3) is 5.69 Å². The van der Waals surface area contributed by atoms with Gasteiger partial charge >= 0.3 is 0 Å². The lowest BCUT2D eigenvalue weighted by Crippen LogP contribution is -2.46. The average molecular weight is 334 g/mol. The van der Waals surface area contributed by atoms with Crippen molar-refractivity contribution in [2.24, 2.45) is 0 Å². The van der Waals surface area contributed by atoms with Crippen molar-refractivity contribution in [2.45, 2.75) is 23.8 Å². The van der Waals surface area contributed by atoms with Crippen molar-refractivity contribution >= 4 is 27.3 Å². The van der Waals surface area contributed by atoms with Crippen molar-refractivity contribution in [3.05, 3.63) is 33.3 Å². The Kier molecular flexibility index (Phi) is 4.82. The number of non-ortho nitro benzene ring substituents is 1. The second-order valence-corrected chi connectivity index (χ2v) is 7.18. The first-order chi connectivity index (χ1) is 9.86. The van der Waals surface area contributed by atoms with Gasteiger partial charge in [0.15, 0.2) is 0 Å². The molecule has 7 nitrogen and oxygen atoms in total. The maximum absolute atomic E-state index is 12.6. The summed E-state index contributed by atoms with van der Waals surface area (Å²) in [6, 6.07) is 3.52. The second-order valence-electron chi connectivity index (χ2n) is 4.86. The predicted octanol–water partition coefficient (Wildman–Crippen LogP) is 1.62. The number of nitrogens with one attached hydrogen (secondary N) is 1. The van der Waals surface area contributed by atoms with E-state index in [1.807, 2.05) is 0 Å². The van der Waals surface area contributed by atoms with Gasteiger partial charge in [-0.3, -0.25) is 10.1 Å². The van der Waals surface area contributed by atoms with Crippen LogP contribution in [0, 0.1) is 10.1 Å². The van der Waals surface area contributed by atoms with Gasteiger partial charge in [0.1, 0.15) is 4.90 Å². The lowest BCUT2D eigenvalue weighted by Gasteiger charge is -2.31. The van der Waals surface area contributed by atoms with Crippen LogP contribution in [0.3, 0.4) is 0 Å². The van der Waals surface area contributed by atoms with E-state index in [0.717, 1.165) is 18.9 Å². The van der Waals surface area contributed by atoms with E-state index in [4.69, 9.17) is 11.6 Å². The van der Waals surface area contributed by atoms with Crippen LogP contribution in [0.4, 0.5) is 5.69 Å². The molecule has 9 heteroatoms. The highest BCUT2D eigenvalue weighted by molar-refractivity contribution is 7.89. The number of piperidine rings is 1. The molecule has 0 radical (unpaired) electrons. The van der Waals surface area contributed by atoms with Crippen LogP contribution in [-0.4, -0.2) is 43.8 Å². The molecule has 0 saturated carbocycles. The Morgan fingerprint density at radius 3 is 2.81 bits per heavy atom. The van der Waals surface area contributed by atoms with E-state index in [1.165, 1.54) is 16.4 Å². The smallest absolute Gasteiger partial charge is 0.270 e. The molecular weight excluding hydrogens is 318 g/mol. The first kappa shape index (κ1) is 16.2. The number of nitrogens with zero attached hydrogens (tertiary/aromatic N) is 2. The fraction of sp³-hybridized carbons (Fsp3) is 0.500. The van der Waals surface area contributed by atoms with E-state index in [1.54, 1.807) is 7.05 Å². The Morgan fingerprint density at radius 1 is 1.48 bits per heavy atom. The van der Waals surface area contributed by atoms with E-state index in [9.17, 15) is 18.5 Å². The van der Waals surface area contributed by atoms with Crippen LogP contribution >= 0.6 is 11.6 Å². The van der Waals surface area contributed by atoms with E-state index in [2.05, 4.69) is 5.32 Å². The molecule has 1 atom stereocenters. The number of hydrogen-bond acceptors (Lipinski definition) is 5. The summed E-state index contributed by atoms with van der Waals surface area (Å²) in [4.78, 5) is 9.96. The van der Waals surface area contributed by atoms with Crippen LogP contribution in [0.15, 0.2) is 23.1 Å². The Hall–Kier alpha value is -1.22. The fourth-order valence-corrected chi connectivity index (χ4v) is 4.36. The van der Waals surface area contributed by atoms with E-state index in [-0.39, 0.29) is 21.6 Å². The lowest BCUT2D eigenvalue weighted by atomic mass is 10.1. The van der Waals surface area contributed by atoms with Gasteiger partial charge in [0.2, 0.25) is 10.0 Å². The molecule has 1 aromatic rings. The normalized spacial score (nSPS) is 20.4. The van der Waals surface area contributed by atoms with E-state index < -0.39 is 14.9 Å². The summed E-state index contributed by atoms with van der Waals surface area (Å²) in [6.07, 6.45) is 1.63. The van der Waals surface area contributed by atoms with Gasteiger partial charge in [0.05, 0.1) is 9.95 Å². The van der Waals surface area contributed by atoms with Gasteiger partial charge in [0, 0.05) is 31.3 Å². The zero-order valence-corrected chi connectivity index (χ0v) is 13.0. The average Bonchev–Trinajstić information content (AvgIpc) is 2.47. The topological polar surface area (TPSA) is 92.6 Å². The van der Waals surface area contributed by atoms with Crippen molar-refractivity contribution in [3.8, 4) is 0 Å².